The maximum absolute atomic E-state index is 12.2. The van der Waals surface area contributed by atoms with Crippen LogP contribution in [0.2, 0.25) is 0 Å². The Kier molecular flexibility index (Phi) is 20.0. The Morgan fingerprint density at radius 2 is 1.37 bits per heavy atom. The summed E-state index contributed by atoms with van der Waals surface area (Å²) < 4.78 is 146. The molecule has 2 aromatic carbocycles. The lowest BCUT2D eigenvalue weighted by Gasteiger charge is -2.29. The lowest BCUT2D eigenvalue weighted by atomic mass is 9.76. The molecule has 0 radical (unpaired) electrons. The summed E-state index contributed by atoms with van der Waals surface area (Å²) in [5, 5.41) is 9.10. The lowest BCUT2D eigenvalue weighted by molar-refractivity contribution is -0.438. The highest BCUT2D eigenvalue weighted by Crippen LogP contribution is 2.44. The van der Waals surface area contributed by atoms with Crippen molar-refractivity contribution in [3.05, 3.63) is 95.8 Å². The van der Waals surface area contributed by atoms with E-state index in [1.165, 1.54) is 37.4 Å². The zero-order valence-electron chi connectivity index (χ0n) is 35.4. The number of allylic oxidation sites excluding steroid dienone is 8. The lowest BCUT2D eigenvalue weighted by Crippen LogP contribution is -2.32. The van der Waals surface area contributed by atoms with Crippen molar-refractivity contribution in [2.75, 3.05) is 56.4 Å². The SMILES string of the molecule is COCCOCCN(/C(=C/C=C/C=C/C=C/C1=[N+](CCCCCC(=O)O)c2ccc(S(=O)(=O)O)cc2C1(C)CCCS(=O)(=O)O)CCCS(=O)(=O)O)c1ccc(S(=O)(=O)O)cc1C. The second-order valence-electron chi connectivity index (χ2n) is 15.0. The molecule has 5 N–H and O–H groups in total. The second-order valence-corrected chi connectivity index (χ2v) is 21.0. The van der Waals surface area contributed by atoms with Gasteiger partial charge in [-0.25, -0.2) is 0 Å². The van der Waals surface area contributed by atoms with Gasteiger partial charge >= 0.3 is 5.97 Å². The first-order valence-corrected chi connectivity index (χ1v) is 26.0. The topological polar surface area (TPSA) is 279 Å². The van der Waals surface area contributed by atoms with Crippen LogP contribution in [0.1, 0.15) is 69.4 Å². The highest BCUT2D eigenvalue weighted by Gasteiger charge is 2.47. The molecule has 22 heteroatoms. The van der Waals surface area contributed by atoms with Gasteiger partial charge in [0.1, 0.15) is 6.54 Å². The Hall–Kier alpha value is -4.10. The Bertz CT molecular complexity index is 2530. The summed E-state index contributed by atoms with van der Waals surface area (Å²) >= 11 is 0. The van der Waals surface area contributed by atoms with E-state index in [1.54, 1.807) is 62.4 Å². The van der Waals surface area contributed by atoms with Crippen LogP contribution >= 0.6 is 0 Å². The summed E-state index contributed by atoms with van der Waals surface area (Å²) in [7, 11) is -16.2. The number of rotatable bonds is 28. The fourth-order valence-electron chi connectivity index (χ4n) is 7.19. The molecule has 0 aromatic heterocycles. The molecule has 350 valence electrons. The van der Waals surface area contributed by atoms with Gasteiger partial charge in [-0.15, -0.1) is 0 Å². The third-order valence-corrected chi connectivity index (χ3v) is 13.5. The highest BCUT2D eigenvalue weighted by molar-refractivity contribution is 7.86. The number of nitrogens with zero attached hydrogens (tertiary/aromatic N) is 2. The minimum absolute atomic E-state index is 0.00660. The van der Waals surface area contributed by atoms with E-state index in [2.05, 4.69) is 0 Å². The molecule has 18 nitrogen and oxygen atoms in total. The van der Waals surface area contributed by atoms with Crippen LogP contribution in [0.4, 0.5) is 11.4 Å². The standard InChI is InChI=1S/C41H56N2O16S4/c1-32-30-34(62(52,53)54)18-20-37(32)42(24-25-59-27-26-58-3)33(15-12-28-60(46,47)48)14-8-5-4-6-9-16-39-41(2,22-13-29-61(49,50)51)36-31-35(63(55,56)57)19-21-38(36)43(39)23-11-7-10-17-40(44)45/h4-6,8-9,14,16,18-21,30-31H,7,10-13,15,17,22-29H2,1-3H3,(H4-,44,45,46,47,48,49,50,51,52,53,54,55,56,57)/p+1. The van der Waals surface area contributed by atoms with Crippen molar-refractivity contribution < 1.29 is 75.8 Å². The maximum Gasteiger partial charge on any atom is 0.303 e. The number of hydrogen-bond donors (Lipinski definition) is 5. The first-order chi connectivity index (χ1) is 29.4. The summed E-state index contributed by atoms with van der Waals surface area (Å²) in [6.07, 6.45) is 13.9. The number of benzene rings is 2. The van der Waals surface area contributed by atoms with E-state index < -0.39 is 63.4 Å². The third-order valence-electron chi connectivity index (χ3n) is 10.2. The molecule has 0 bridgehead atoms. The van der Waals surface area contributed by atoms with Crippen LogP contribution in [0.25, 0.3) is 0 Å². The Labute approximate surface area is 370 Å². The fraction of sp³-hybridized carbons (Fsp3) is 0.463. The van der Waals surface area contributed by atoms with Crippen molar-refractivity contribution in [2.24, 2.45) is 0 Å². The highest BCUT2D eigenvalue weighted by atomic mass is 32.2. The normalized spacial score (nSPS) is 16.5. The largest absolute Gasteiger partial charge is 0.481 e. The summed E-state index contributed by atoms with van der Waals surface area (Å²) in [6, 6.07) is 8.21. The minimum atomic E-state index is -4.62. The van der Waals surface area contributed by atoms with Gasteiger partial charge in [0.25, 0.3) is 40.5 Å². The van der Waals surface area contributed by atoms with E-state index in [1.807, 2.05) is 9.48 Å². The predicted octanol–water partition coefficient (Wildman–Crippen LogP) is 5.55. The summed E-state index contributed by atoms with van der Waals surface area (Å²) in [4.78, 5) is 12.2. The molecule has 0 fully saturated rings. The van der Waals surface area contributed by atoms with Gasteiger partial charge in [0.15, 0.2) is 5.71 Å². The minimum Gasteiger partial charge on any atom is -0.481 e. The van der Waals surface area contributed by atoms with E-state index in [9.17, 15) is 56.7 Å². The second kappa shape index (κ2) is 23.7. The van der Waals surface area contributed by atoms with Crippen LogP contribution in [0, 0.1) is 6.92 Å². The predicted molar refractivity (Wildman–Crippen MR) is 237 cm³/mol. The smallest absolute Gasteiger partial charge is 0.303 e. The van der Waals surface area contributed by atoms with Crippen LogP contribution in [-0.2, 0) is 60.2 Å². The molecule has 0 amide bonds. The molecule has 0 spiro atoms. The van der Waals surface area contributed by atoms with E-state index in [0.29, 0.717) is 66.3 Å². The number of carboxylic acids is 1. The van der Waals surface area contributed by atoms with Crippen molar-refractivity contribution in [1.29, 1.82) is 0 Å². The number of aliphatic carboxylic acids is 1. The average Bonchev–Trinajstić information content (AvgIpc) is 3.39. The Balaban J connectivity index is 2.06. The number of anilines is 1. The number of carbonyl (C=O) groups is 1. The van der Waals surface area contributed by atoms with Crippen molar-refractivity contribution in [1.82, 2.24) is 0 Å². The number of fused-ring (bicyclic) bond motifs is 1. The van der Waals surface area contributed by atoms with Crippen LogP contribution in [0.15, 0.2) is 94.4 Å². The monoisotopic (exact) mass is 961 g/mol. The van der Waals surface area contributed by atoms with Gasteiger partial charge < -0.3 is 19.5 Å². The van der Waals surface area contributed by atoms with Crippen LogP contribution in [-0.4, -0.2) is 125 Å². The number of unbranched alkanes of at least 4 members (excludes halogenated alkanes) is 2. The maximum atomic E-state index is 12.2. The van der Waals surface area contributed by atoms with Crippen molar-refractivity contribution in [3.63, 3.8) is 0 Å². The zero-order valence-corrected chi connectivity index (χ0v) is 38.6. The summed E-state index contributed by atoms with van der Waals surface area (Å²) in [5.74, 6) is -1.99. The molecule has 1 unspecified atom stereocenters. The van der Waals surface area contributed by atoms with Crippen LogP contribution in [0.5, 0.6) is 0 Å². The van der Waals surface area contributed by atoms with Crippen molar-refractivity contribution in [2.45, 2.75) is 80.4 Å². The molecule has 2 aromatic rings. The van der Waals surface area contributed by atoms with Gasteiger partial charge in [-0.05, 0) is 94.3 Å². The number of aryl methyl sites for hydroxylation is 1. The first kappa shape index (κ1) is 53.2. The van der Waals surface area contributed by atoms with Gasteiger partial charge in [-0.3, -0.25) is 23.0 Å². The zero-order chi connectivity index (χ0) is 47.1. The van der Waals surface area contributed by atoms with Crippen LogP contribution < -0.4 is 4.90 Å². The molecule has 1 aliphatic rings. The number of methoxy groups -OCH3 is 1. The summed E-state index contributed by atoms with van der Waals surface area (Å²) in [5.41, 5.74) is 2.39. The van der Waals surface area contributed by atoms with Gasteiger partial charge in [0, 0.05) is 55.6 Å². The molecule has 1 atom stereocenters. The molecular formula is C41H57N2O16S4+. The van der Waals surface area contributed by atoms with Gasteiger partial charge in [-0.2, -0.15) is 38.2 Å². The molecule has 3 rings (SSSR count). The summed E-state index contributed by atoms with van der Waals surface area (Å²) in [6.45, 7) is 4.91. The Morgan fingerprint density at radius 1 is 0.746 bits per heavy atom. The molecule has 63 heavy (non-hydrogen) atoms. The van der Waals surface area contributed by atoms with E-state index in [-0.39, 0.29) is 61.7 Å². The van der Waals surface area contributed by atoms with E-state index in [0.717, 1.165) is 0 Å². The molecule has 1 heterocycles. The van der Waals surface area contributed by atoms with E-state index in [4.69, 9.17) is 14.6 Å². The van der Waals surface area contributed by atoms with Crippen LogP contribution in [0.3, 0.4) is 0 Å². The van der Waals surface area contributed by atoms with Crippen molar-refractivity contribution in [3.8, 4) is 0 Å². The van der Waals surface area contributed by atoms with Gasteiger partial charge in [0.05, 0.1) is 46.5 Å². The van der Waals surface area contributed by atoms with Gasteiger partial charge in [0.2, 0.25) is 5.69 Å². The number of ether oxygens (including phenoxy) is 2. The van der Waals surface area contributed by atoms with Crippen molar-refractivity contribution >= 4 is 63.5 Å². The average molecular weight is 962 g/mol. The molecule has 0 saturated carbocycles. The van der Waals surface area contributed by atoms with E-state index >= 15 is 0 Å². The fourth-order valence-corrected chi connectivity index (χ4v) is 9.28. The van der Waals surface area contributed by atoms with Gasteiger partial charge in [-0.1, -0.05) is 30.4 Å². The quantitative estimate of drug-likeness (QED) is 0.0303. The Morgan fingerprint density at radius 3 is 1.98 bits per heavy atom. The molecule has 0 aliphatic carbocycles. The molecule has 0 saturated heterocycles. The molecule has 1 aliphatic heterocycles. The number of hydrogen-bond acceptors (Lipinski definition) is 12. The number of carboxylic acid groups (broad SMARTS) is 1. The molecular weight excluding hydrogens is 905 g/mol. The third kappa shape index (κ3) is 17.4. The first-order valence-electron chi connectivity index (χ1n) is 19.9.